The van der Waals surface area contributed by atoms with Gasteiger partial charge in [0.2, 0.25) is 20.0 Å². The first-order valence-corrected chi connectivity index (χ1v) is 20.7. The predicted octanol–water partition coefficient (Wildman–Crippen LogP) is 9.11. The molecule has 0 aliphatic heterocycles. The third-order valence-corrected chi connectivity index (χ3v) is 13.6. The van der Waals surface area contributed by atoms with Crippen LogP contribution in [0.4, 0.5) is 0 Å². The van der Waals surface area contributed by atoms with E-state index in [4.69, 9.17) is 0 Å². The van der Waals surface area contributed by atoms with Gasteiger partial charge in [-0.2, -0.15) is 0 Å². The average molecular weight is 817 g/mol. The van der Waals surface area contributed by atoms with Crippen molar-refractivity contribution in [2.75, 3.05) is 13.1 Å². The lowest BCUT2D eigenvalue weighted by Gasteiger charge is -2.25. The Kier molecular flexibility index (Phi) is 11.4. The topological polar surface area (TPSA) is 92.3 Å². The van der Waals surface area contributed by atoms with Crippen molar-refractivity contribution in [3.8, 4) is 0 Å². The lowest BCUT2D eigenvalue weighted by Crippen LogP contribution is -2.35. The molecule has 256 valence electrons. The molecule has 48 heavy (non-hydrogen) atoms. The highest BCUT2D eigenvalue weighted by Crippen LogP contribution is 2.57. The SMILES string of the molecule is CC(C)(CNS(=O)(=O)c1ccc(Br)cc1)[C@@H]1C[C@H]1c1ccccc1.CC(C)(CNS(=O)(=O)c1ccc(Br)cc1)[C@@H]1C[C@H]1c1ccccc1. The molecule has 10 heteroatoms. The van der Waals surface area contributed by atoms with E-state index < -0.39 is 20.0 Å². The lowest BCUT2D eigenvalue weighted by molar-refractivity contribution is 0.303. The van der Waals surface area contributed by atoms with Crippen LogP contribution in [0.3, 0.4) is 0 Å². The van der Waals surface area contributed by atoms with Crippen LogP contribution < -0.4 is 9.44 Å². The third-order valence-electron chi connectivity index (χ3n) is 9.73. The zero-order chi connectivity index (χ0) is 34.7. The molecule has 0 bridgehead atoms. The van der Waals surface area contributed by atoms with E-state index in [9.17, 15) is 16.8 Å². The second-order valence-corrected chi connectivity index (χ2v) is 19.6. The van der Waals surface area contributed by atoms with Gasteiger partial charge in [0.25, 0.3) is 0 Å². The van der Waals surface area contributed by atoms with Gasteiger partial charge in [0.15, 0.2) is 0 Å². The van der Waals surface area contributed by atoms with Gasteiger partial charge in [0, 0.05) is 22.0 Å². The summed E-state index contributed by atoms with van der Waals surface area (Å²) < 4.78 is 57.1. The zero-order valence-corrected chi connectivity index (χ0v) is 32.5. The maximum atomic E-state index is 12.5. The molecule has 2 aliphatic carbocycles. The molecule has 6 nitrogen and oxygen atoms in total. The van der Waals surface area contributed by atoms with Crippen LogP contribution in [0, 0.1) is 22.7 Å². The monoisotopic (exact) mass is 814 g/mol. The number of nitrogens with one attached hydrogen (secondary N) is 2. The van der Waals surface area contributed by atoms with Gasteiger partial charge < -0.3 is 0 Å². The van der Waals surface area contributed by atoms with Crippen LogP contribution in [0.5, 0.6) is 0 Å². The van der Waals surface area contributed by atoms with Gasteiger partial charge in [0.05, 0.1) is 9.79 Å². The molecule has 2 N–H and O–H groups in total. The third kappa shape index (κ3) is 9.46. The zero-order valence-electron chi connectivity index (χ0n) is 27.7. The Bertz CT molecular complexity index is 1740. The van der Waals surface area contributed by atoms with Gasteiger partial charge in [0.1, 0.15) is 0 Å². The molecule has 2 saturated carbocycles. The number of halogens is 2. The summed E-state index contributed by atoms with van der Waals surface area (Å²) >= 11 is 6.65. The van der Waals surface area contributed by atoms with Crippen LogP contribution in [0.2, 0.25) is 0 Å². The van der Waals surface area contributed by atoms with Crippen LogP contribution in [0.25, 0.3) is 0 Å². The molecule has 4 aromatic carbocycles. The van der Waals surface area contributed by atoms with Crippen molar-refractivity contribution in [3.05, 3.63) is 129 Å². The van der Waals surface area contributed by atoms with E-state index in [1.807, 2.05) is 12.1 Å². The van der Waals surface area contributed by atoms with Crippen LogP contribution in [-0.4, -0.2) is 29.9 Å². The van der Waals surface area contributed by atoms with Gasteiger partial charge in [-0.25, -0.2) is 26.3 Å². The Morgan fingerprint density at radius 2 is 0.854 bits per heavy atom. The molecule has 0 aromatic heterocycles. The Labute approximate surface area is 303 Å². The Morgan fingerprint density at radius 1 is 0.542 bits per heavy atom. The highest BCUT2D eigenvalue weighted by Gasteiger charge is 2.49. The summed E-state index contributed by atoms with van der Waals surface area (Å²) in [4.78, 5) is 0.605. The largest absolute Gasteiger partial charge is 0.240 e. The van der Waals surface area contributed by atoms with Crippen LogP contribution >= 0.6 is 31.9 Å². The summed E-state index contributed by atoms with van der Waals surface area (Å²) in [7, 11) is -6.94. The Morgan fingerprint density at radius 3 is 1.17 bits per heavy atom. The molecule has 0 unspecified atom stereocenters. The number of rotatable bonds is 12. The van der Waals surface area contributed by atoms with Gasteiger partial charge in [-0.15, -0.1) is 0 Å². The summed E-state index contributed by atoms with van der Waals surface area (Å²) in [6.45, 7) is 9.46. The number of benzene rings is 4. The number of sulfonamides is 2. The highest BCUT2D eigenvalue weighted by molar-refractivity contribution is 9.10. The molecule has 6 rings (SSSR count). The molecule has 4 atom stereocenters. The van der Waals surface area contributed by atoms with E-state index in [0.29, 0.717) is 46.6 Å². The Hall–Kier alpha value is -2.34. The summed E-state index contributed by atoms with van der Waals surface area (Å²) in [5.41, 5.74) is 2.55. The summed E-state index contributed by atoms with van der Waals surface area (Å²) in [5, 5.41) is 0. The normalized spacial score (nSPS) is 20.8. The lowest BCUT2D eigenvalue weighted by atomic mass is 9.85. The molecule has 0 spiro atoms. The number of hydrogen-bond acceptors (Lipinski definition) is 4. The van der Waals surface area contributed by atoms with Gasteiger partial charge >= 0.3 is 0 Å². The second kappa shape index (κ2) is 14.9. The first-order chi connectivity index (χ1) is 22.6. The second-order valence-electron chi connectivity index (χ2n) is 14.3. The smallest absolute Gasteiger partial charge is 0.211 e. The molecular formula is C38H44Br2N2O4S2. The van der Waals surface area contributed by atoms with Crippen molar-refractivity contribution in [1.29, 1.82) is 0 Å². The van der Waals surface area contributed by atoms with E-state index in [1.54, 1.807) is 48.5 Å². The first-order valence-electron chi connectivity index (χ1n) is 16.2. The maximum Gasteiger partial charge on any atom is 0.240 e. The average Bonchev–Trinajstić information content (AvgIpc) is 3.99. The van der Waals surface area contributed by atoms with Crippen LogP contribution in [0.1, 0.15) is 63.5 Å². The van der Waals surface area contributed by atoms with E-state index >= 15 is 0 Å². The van der Waals surface area contributed by atoms with E-state index in [2.05, 4.69) is 118 Å². The molecule has 0 radical (unpaired) electrons. The summed E-state index contributed by atoms with van der Waals surface area (Å²) in [5.74, 6) is 2.09. The van der Waals surface area contributed by atoms with Crippen molar-refractivity contribution in [2.24, 2.45) is 22.7 Å². The van der Waals surface area contributed by atoms with Gasteiger partial charge in [-0.05, 0) is 107 Å². The van der Waals surface area contributed by atoms with Crippen molar-refractivity contribution >= 4 is 51.9 Å². The molecule has 0 saturated heterocycles. The molecule has 4 aromatic rings. The minimum Gasteiger partial charge on any atom is -0.211 e. The molecular weight excluding hydrogens is 772 g/mol. The van der Waals surface area contributed by atoms with Crippen molar-refractivity contribution in [2.45, 2.75) is 62.2 Å². The van der Waals surface area contributed by atoms with E-state index in [1.165, 1.54) is 11.1 Å². The van der Waals surface area contributed by atoms with Gasteiger partial charge in [-0.1, -0.05) is 120 Å². The fourth-order valence-electron chi connectivity index (χ4n) is 6.47. The quantitative estimate of drug-likeness (QED) is 0.149. The van der Waals surface area contributed by atoms with Crippen molar-refractivity contribution in [3.63, 3.8) is 0 Å². The summed E-state index contributed by atoms with van der Waals surface area (Å²) in [6.07, 6.45) is 2.24. The fourth-order valence-corrected chi connectivity index (χ4v) is 9.45. The van der Waals surface area contributed by atoms with Crippen molar-refractivity contribution < 1.29 is 16.8 Å². The van der Waals surface area contributed by atoms with Crippen molar-refractivity contribution in [1.82, 2.24) is 9.44 Å². The van der Waals surface area contributed by atoms with Crippen LogP contribution in [0.15, 0.2) is 128 Å². The molecule has 2 aliphatic rings. The first kappa shape index (κ1) is 36.9. The molecule has 0 heterocycles. The standard InChI is InChI=1S/2C19H22BrNO2S/c2*1-19(2,18-12-17(18)14-6-4-3-5-7-14)13-21-24(22,23)16-10-8-15(20)9-11-16/h2*3-11,17-18,21H,12-13H2,1-2H3/t2*17-,18+/m00/s1. The fraction of sp³-hybridized carbons (Fsp3) is 0.368. The summed E-state index contributed by atoms with van der Waals surface area (Å²) in [6, 6.07) is 34.4. The van der Waals surface area contributed by atoms with E-state index in [-0.39, 0.29) is 10.8 Å². The minimum absolute atomic E-state index is 0.0804. The molecule has 0 amide bonds. The van der Waals surface area contributed by atoms with E-state index in [0.717, 1.165) is 21.8 Å². The van der Waals surface area contributed by atoms with Gasteiger partial charge in [-0.3, -0.25) is 0 Å². The predicted molar refractivity (Wildman–Crippen MR) is 201 cm³/mol. The minimum atomic E-state index is -3.47. The molecule has 2 fully saturated rings. The van der Waals surface area contributed by atoms with Crippen LogP contribution in [-0.2, 0) is 20.0 Å². The number of hydrogen-bond donors (Lipinski definition) is 2. The Balaban J connectivity index is 0.000000188. The maximum absolute atomic E-state index is 12.5. The highest BCUT2D eigenvalue weighted by atomic mass is 79.9.